The molecule has 11 heteroatoms. The number of aliphatic carboxylic acids is 1. The number of rotatable bonds is 10. The molecular formula is C28H22Cl2N2O6S. The maximum atomic E-state index is 13.6. The van der Waals surface area contributed by atoms with Crippen LogP contribution in [0.15, 0.2) is 108 Å². The first-order valence-corrected chi connectivity index (χ1v) is 13.8. The number of benzene rings is 4. The predicted octanol–water partition coefficient (Wildman–Crippen LogP) is 5.61. The Bertz CT molecular complexity index is 1570. The van der Waals surface area contributed by atoms with Gasteiger partial charge in [-0.3, -0.25) is 4.79 Å². The summed E-state index contributed by atoms with van der Waals surface area (Å²) < 4.78 is 28.0. The molecule has 1 unspecified atom stereocenters. The van der Waals surface area contributed by atoms with Crippen LogP contribution in [0.2, 0.25) is 10.0 Å². The van der Waals surface area contributed by atoms with Gasteiger partial charge in [0.2, 0.25) is 0 Å². The molecule has 0 heterocycles. The normalized spacial score (nSPS) is 11.8. The fourth-order valence-corrected chi connectivity index (χ4v) is 5.29. The molecule has 4 aromatic carbocycles. The van der Waals surface area contributed by atoms with Gasteiger partial charge in [0, 0.05) is 17.0 Å². The lowest BCUT2D eigenvalue weighted by atomic mass is 10.1. The Labute approximate surface area is 235 Å². The number of hydrogen-bond donors (Lipinski definition) is 2. The van der Waals surface area contributed by atoms with Gasteiger partial charge < -0.3 is 15.3 Å². The van der Waals surface area contributed by atoms with Gasteiger partial charge in [-0.15, -0.1) is 0 Å². The minimum atomic E-state index is -4.31. The van der Waals surface area contributed by atoms with Crippen molar-refractivity contribution in [2.45, 2.75) is 17.4 Å². The first-order valence-electron chi connectivity index (χ1n) is 11.6. The molecule has 0 saturated carbocycles. The average molecular weight is 585 g/mol. The number of anilines is 1. The van der Waals surface area contributed by atoms with Gasteiger partial charge in [-0.2, -0.15) is 8.42 Å². The van der Waals surface area contributed by atoms with E-state index >= 15 is 0 Å². The van der Waals surface area contributed by atoms with Crippen LogP contribution in [0.4, 0.5) is 5.69 Å². The van der Waals surface area contributed by atoms with E-state index in [0.717, 1.165) is 10.0 Å². The van der Waals surface area contributed by atoms with E-state index in [2.05, 4.69) is 5.32 Å². The van der Waals surface area contributed by atoms with Crippen molar-refractivity contribution < 1.29 is 28.0 Å². The third-order valence-electron chi connectivity index (χ3n) is 5.56. The highest BCUT2D eigenvalue weighted by molar-refractivity contribution is 7.92. The van der Waals surface area contributed by atoms with Gasteiger partial charge in [-0.25, -0.2) is 4.79 Å². The van der Waals surface area contributed by atoms with Crippen molar-refractivity contribution in [1.29, 1.82) is 0 Å². The number of carboxylic acid groups (broad SMARTS) is 1. The zero-order valence-electron chi connectivity index (χ0n) is 20.2. The summed E-state index contributed by atoms with van der Waals surface area (Å²) in [5.74, 6) is -1.79. The summed E-state index contributed by atoms with van der Waals surface area (Å²) in [6.45, 7) is 0. The molecule has 4 aromatic rings. The summed E-state index contributed by atoms with van der Waals surface area (Å²) in [5.41, 5.74) is 1.03. The first-order chi connectivity index (χ1) is 18.6. The molecule has 0 fully saturated rings. The number of nitrogens with zero attached hydrogens (tertiary/aromatic N) is 1. The zero-order valence-corrected chi connectivity index (χ0v) is 22.5. The van der Waals surface area contributed by atoms with E-state index in [1.54, 1.807) is 54.6 Å². The van der Waals surface area contributed by atoms with Crippen LogP contribution in [0.5, 0.6) is 5.75 Å². The molecule has 8 nitrogen and oxygen atoms in total. The molecule has 1 atom stereocenters. The number of amides is 1. The Morgan fingerprint density at radius 2 is 1.49 bits per heavy atom. The Morgan fingerprint density at radius 3 is 2.08 bits per heavy atom. The first kappa shape index (κ1) is 28.0. The fourth-order valence-electron chi connectivity index (χ4n) is 3.59. The van der Waals surface area contributed by atoms with Crippen molar-refractivity contribution >= 4 is 50.8 Å². The van der Waals surface area contributed by atoms with Crippen LogP contribution in [0.3, 0.4) is 0 Å². The molecule has 39 heavy (non-hydrogen) atoms. The number of halogens is 2. The smallest absolute Gasteiger partial charge is 0.326 e. The van der Waals surface area contributed by atoms with Crippen molar-refractivity contribution in [3.8, 4) is 5.75 Å². The highest BCUT2D eigenvalue weighted by Gasteiger charge is 2.29. The summed E-state index contributed by atoms with van der Waals surface area (Å²) in [6, 6.07) is 25.2. The lowest BCUT2D eigenvalue weighted by molar-refractivity contribution is -0.139. The summed E-state index contributed by atoms with van der Waals surface area (Å²) in [4.78, 5) is 30.1. The molecule has 0 spiro atoms. The SMILES string of the molecule is O=C(NC(Cc1ccccc1)C(=O)O)c1ccc(S(=O)(=O)N(Oc2ccc(Cl)cc2Cl)c2ccccc2)cc1. The molecule has 0 saturated heterocycles. The number of carbonyl (C=O) groups is 2. The minimum Gasteiger partial charge on any atom is -0.480 e. The molecule has 0 aromatic heterocycles. The molecular weight excluding hydrogens is 563 g/mol. The molecule has 200 valence electrons. The number of para-hydroxylation sites is 1. The molecule has 0 bridgehead atoms. The fraction of sp³-hybridized carbons (Fsp3) is 0.0714. The largest absolute Gasteiger partial charge is 0.480 e. The molecule has 0 aliphatic rings. The molecule has 0 aliphatic heterocycles. The molecule has 2 N–H and O–H groups in total. The van der Waals surface area contributed by atoms with Gasteiger partial charge in [0.15, 0.2) is 5.75 Å². The average Bonchev–Trinajstić information content (AvgIpc) is 2.93. The van der Waals surface area contributed by atoms with Gasteiger partial charge in [0.05, 0.1) is 15.6 Å². The maximum Gasteiger partial charge on any atom is 0.326 e. The number of carbonyl (C=O) groups excluding carboxylic acids is 1. The molecule has 1 amide bonds. The van der Waals surface area contributed by atoms with Crippen molar-refractivity contribution in [3.63, 3.8) is 0 Å². The van der Waals surface area contributed by atoms with Gasteiger partial charge in [0.1, 0.15) is 6.04 Å². The molecule has 0 radical (unpaired) electrons. The van der Waals surface area contributed by atoms with E-state index in [9.17, 15) is 23.1 Å². The van der Waals surface area contributed by atoms with Crippen LogP contribution in [0, 0.1) is 0 Å². The second-order valence-electron chi connectivity index (χ2n) is 8.31. The summed E-state index contributed by atoms with van der Waals surface area (Å²) in [6.07, 6.45) is 0.0883. The summed E-state index contributed by atoms with van der Waals surface area (Å²) >= 11 is 12.2. The molecule has 4 rings (SSSR count). The van der Waals surface area contributed by atoms with Crippen molar-refractivity contribution in [2.24, 2.45) is 0 Å². The van der Waals surface area contributed by atoms with E-state index in [1.165, 1.54) is 42.5 Å². The number of hydrogen-bond acceptors (Lipinski definition) is 5. The van der Waals surface area contributed by atoms with Crippen molar-refractivity contribution in [3.05, 3.63) is 124 Å². The van der Waals surface area contributed by atoms with Gasteiger partial charge in [-0.1, -0.05) is 76.2 Å². The second-order valence-corrected chi connectivity index (χ2v) is 10.9. The second kappa shape index (κ2) is 12.2. The number of sulfonamides is 1. The Hall–Kier alpha value is -4.05. The van der Waals surface area contributed by atoms with Crippen LogP contribution in [0.25, 0.3) is 0 Å². The standard InChI is InChI=1S/C28H22Cl2N2O6S/c29-21-13-16-26(24(30)18-21)38-32(22-9-5-2-6-10-22)39(36,37)23-14-11-20(12-15-23)27(33)31-25(28(34)35)17-19-7-3-1-4-8-19/h1-16,18,25H,17H2,(H,31,33)(H,34,35). The highest BCUT2D eigenvalue weighted by Crippen LogP contribution is 2.32. The summed E-state index contributed by atoms with van der Waals surface area (Å²) in [5, 5.41) is 12.5. The van der Waals surface area contributed by atoms with E-state index in [4.69, 9.17) is 28.0 Å². The third kappa shape index (κ3) is 6.88. The highest BCUT2D eigenvalue weighted by atomic mass is 35.5. The Morgan fingerprint density at radius 1 is 0.872 bits per heavy atom. The van der Waals surface area contributed by atoms with Crippen LogP contribution >= 0.6 is 23.2 Å². The van der Waals surface area contributed by atoms with E-state index < -0.39 is 27.9 Å². The summed E-state index contributed by atoms with van der Waals surface area (Å²) in [7, 11) is -4.31. The van der Waals surface area contributed by atoms with Crippen LogP contribution in [0.1, 0.15) is 15.9 Å². The van der Waals surface area contributed by atoms with Crippen LogP contribution in [-0.2, 0) is 21.2 Å². The van der Waals surface area contributed by atoms with Crippen LogP contribution < -0.4 is 14.6 Å². The number of carboxylic acids is 1. The number of nitrogens with one attached hydrogen (secondary N) is 1. The zero-order chi connectivity index (χ0) is 28.0. The minimum absolute atomic E-state index is 0.0580. The lowest BCUT2D eigenvalue weighted by Crippen LogP contribution is -2.42. The van der Waals surface area contributed by atoms with Crippen LogP contribution in [-0.4, -0.2) is 31.4 Å². The topological polar surface area (TPSA) is 113 Å². The van der Waals surface area contributed by atoms with Gasteiger partial charge in [-0.05, 0) is 60.2 Å². The third-order valence-corrected chi connectivity index (χ3v) is 7.68. The van der Waals surface area contributed by atoms with Gasteiger partial charge >= 0.3 is 5.97 Å². The molecule has 0 aliphatic carbocycles. The Balaban J connectivity index is 1.58. The Kier molecular flexibility index (Phi) is 8.75. The van der Waals surface area contributed by atoms with E-state index in [1.807, 2.05) is 6.07 Å². The van der Waals surface area contributed by atoms with E-state index in [0.29, 0.717) is 5.02 Å². The van der Waals surface area contributed by atoms with Gasteiger partial charge in [0.25, 0.3) is 15.9 Å². The monoisotopic (exact) mass is 584 g/mol. The van der Waals surface area contributed by atoms with E-state index in [-0.39, 0.29) is 33.3 Å². The lowest BCUT2D eigenvalue weighted by Gasteiger charge is -2.24. The predicted molar refractivity (Wildman–Crippen MR) is 149 cm³/mol. The quantitative estimate of drug-likeness (QED) is 0.234. The van der Waals surface area contributed by atoms with Crippen molar-refractivity contribution in [1.82, 2.24) is 5.32 Å². The van der Waals surface area contributed by atoms with Crippen molar-refractivity contribution in [2.75, 3.05) is 4.47 Å². The maximum absolute atomic E-state index is 13.6.